The van der Waals surface area contributed by atoms with Crippen LogP contribution < -0.4 is 5.32 Å². The molecule has 0 fully saturated rings. The van der Waals surface area contributed by atoms with Crippen LogP contribution in [0.1, 0.15) is 35.6 Å². The molecule has 1 aromatic heterocycles. The van der Waals surface area contributed by atoms with Gasteiger partial charge in [-0.1, -0.05) is 0 Å². The largest absolute Gasteiger partial charge is 0.466 e. The lowest BCUT2D eigenvalue weighted by atomic mass is 10.1. The van der Waals surface area contributed by atoms with Crippen molar-refractivity contribution in [3.63, 3.8) is 0 Å². The molecule has 0 bridgehead atoms. The molecule has 1 atom stereocenters. The zero-order valence-electron chi connectivity index (χ0n) is 11.5. The Morgan fingerprint density at radius 1 is 1.10 bits per heavy atom. The number of hydrogen-bond acceptors (Lipinski definition) is 2. The summed E-state index contributed by atoms with van der Waals surface area (Å²) in [5.41, 5.74) is 0.997. The van der Waals surface area contributed by atoms with E-state index in [0.29, 0.717) is 5.69 Å². The number of halogens is 3. The van der Waals surface area contributed by atoms with Crippen LogP contribution in [0, 0.1) is 13.8 Å². The van der Waals surface area contributed by atoms with Crippen molar-refractivity contribution in [2.75, 3.05) is 5.32 Å². The maximum absolute atomic E-state index is 12.5. The fourth-order valence-electron chi connectivity index (χ4n) is 2.16. The molecule has 1 unspecified atom stereocenters. The fourth-order valence-corrected chi connectivity index (χ4v) is 2.16. The van der Waals surface area contributed by atoms with Crippen molar-refractivity contribution in [3.05, 3.63) is 53.0 Å². The molecule has 1 N–H and O–H groups in total. The Kier molecular flexibility index (Phi) is 3.79. The zero-order valence-corrected chi connectivity index (χ0v) is 11.5. The molecule has 1 heterocycles. The van der Waals surface area contributed by atoms with E-state index in [0.717, 1.165) is 29.2 Å². The van der Waals surface area contributed by atoms with Crippen LogP contribution in [-0.2, 0) is 6.18 Å². The molecule has 0 amide bonds. The van der Waals surface area contributed by atoms with Crippen molar-refractivity contribution in [1.29, 1.82) is 0 Å². The number of furan rings is 1. The lowest BCUT2D eigenvalue weighted by molar-refractivity contribution is -0.137. The average Bonchev–Trinajstić information content (AvgIpc) is 2.68. The minimum Gasteiger partial charge on any atom is -0.466 e. The highest BCUT2D eigenvalue weighted by Gasteiger charge is 2.30. The van der Waals surface area contributed by atoms with E-state index in [-0.39, 0.29) is 6.04 Å². The van der Waals surface area contributed by atoms with Gasteiger partial charge in [0.25, 0.3) is 0 Å². The lowest BCUT2D eigenvalue weighted by Gasteiger charge is -2.15. The van der Waals surface area contributed by atoms with Gasteiger partial charge in [0.1, 0.15) is 11.5 Å². The van der Waals surface area contributed by atoms with Crippen LogP contribution in [-0.4, -0.2) is 0 Å². The van der Waals surface area contributed by atoms with Crippen LogP contribution in [0.2, 0.25) is 0 Å². The summed E-state index contributed by atoms with van der Waals surface area (Å²) in [7, 11) is 0. The van der Waals surface area contributed by atoms with Gasteiger partial charge in [-0.15, -0.1) is 0 Å². The van der Waals surface area contributed by atoms with Crippen molar-refractivity contribution in [2.24, 2.45) is 0 Å². The minimum absolute atomic E-state index is 0.0378. The summed E-state index contributed by atoms with van der Waals surface area (Å²) in [6, 6.07) is 6.90. The molecule has 2 rings (SSSR count). The molecular weight excluding hydrogens is 267 g/mol. The van der Waals surface area contributed by atoms with Gasteiger partial charge < -0.3 is 9.73 Å². The van der Waals surface area contributed by atoms with E-state index in [1.165, 1.54) is 12.1 Å². The number of nitrogens with one attached hydrogen (secondary N) is 1. The number of benzene rings is 1. The molecule has 0 radical (unpaired) electrons. The molecule has 0 saturated heterocycles. The second-order valence-corrected chi connectivity index (χ2v) is 4.81. The highest BCUT2D eigenvalue weighted by molar-refractivity contribution is 5.47. The van der Waals surface area contributed by atoms with Crippen molar-refractivity contribution in [2.45, 2.75) is 33.0 Å². The Bertz CT molecular complexity index is 584. The molecule has 0 saturated carbocycles. The molecule has 0 aliphatic rings. The third kappa shape index (κ3) is 3.15. The molecule has 20 heavy (non-hydrogen) atoms. The van der Waals surface area contributed by atoms with E-state index < -0.39 is 11.7 Å². The number of aryl methyl sites for hydroxylation is 2. The van der Waals surface area contributed by atoms with Crippen LogP contribution in [0.15, 0.2) is 34.7 Å². The summed E-state index contributed by atoms with van der Waals surface area (Å²) < 4.78 is 42.9. The van der Waals surface area contributed by atoms with Crippen LogP contribution in [0.5, 0.6) is 0 Å². The highest BCUT2D eigenvalue weighted by Crippen LogP contribution is 2.31. The number of anilines is 1. The summed E-state index contributed by atoms with van der Waals surface area (Å²) in [5.74, 6) is 1.63. The predicted octanol–water partition coefficient (Wildman–Crippen LogP) is 5.09. The number of hydrogen-bond donors (Lipinski definition) is 1. The molecule has 5 heteroatoms. The van der Waals surface area contributed by atoms with Gasteiger partial charge in [-0.2, -0.15) is 13.2 Å². The first-order valence-electron chi connectivity index (χ1n) is 6.28. The van der Waals surface area contributed by atoms with Crippen molar-refractivity contribution in [3.8, 4) is 0 Å². The Labute approximate surface area is 115 Å². The summed E-state index contributed by atoms with van der Waals surface area (Å²) in [5, 5.41) is 3.16. The maximum Gasteiger partial charge on any atom is 0.416 e. The molecule has 2 nitrogen and oxygen atoms in total. The molecule has 108 valence electrons. The SMILES string of the molecule is Cc1cc(C(C)Nc2ccc(C(F)(F)F)cc2)c(C)o1. The third-order valence-electron chi connectivity index (χ3n) is 3.14. The molecule has 0 aliphatic carbocycles. The Morgan fingerprint density at radius 3 is 2.15 bits per heavy atom. The van der Waals surface area contributed by atoms with Crippen LogP contribution in [0.25, 0.3) is 0 Å². The van der Waals surface area contributed by atoms with Gasteiger partial charge in [0.2, 0.25) is 0 Å². The van der Waals surface area contributed by atoms with Crippen molar-refractivity contribution in [1.82, 2.24) is 0 Å². The normalized spacial score (nSPS) is 13.3. The first-order valence-corrected chi connectivity index (χ1v) is 6.28. The number of rotatable bonds is 3. The standard InChI is InChI=1S/C15H16F3NO/c1-9-8-14(11(3)20-9)10(2)19-13-6-4-12(5-7-13)15(16,17)18/h4-8,10,19H,1-3H3. The molecule has 1 aromatic carbocycles. The van der Waals surface area contributed by atoms with E-state index in [1.807, 2.05) is 26.8 Å². The van der Waals surface area contributed by atoms with Crippen LogP contribution in [0.3, 0.4) is 0 Å². The van der Waals surface area contributed by atoms with Gasteiger partial charge in [-0.25, -0.2) is 0 Å². The Hall–Kier alpha value is -1.91. The van der Waals surface area contributed by atoms with Gasteiger partial charge in [0, 0.05) is 11.3 Å². The highest BCUT2D eigenvalue weighted by atomic mass is 19.4. The van der Waals surface area contributed by atoms with Gasteiger partial charge in [0.05, 0.1) is 11.6 Å². The summed E-state index contributed by atoms with van der Waals surface area (Å²) >= 11 is 0. The van der Waals surface area contributed by atoms with Gasteiger partial charge >= 0.3 is 6.18 Å². The maximum atomic E-state index is 12.5. The second-order valence-electron chi connectivity index (χ2n) is 4.81. The van der Waals surface area contributed by atoms with Gasteiger partial charge in [-0.3, -0.25) is 0 Å². The van der Waals surface area contributed by atoms with Crippen molar-refractivity contribution >= 4 is 5.69 Å². The number of alkyl halides is 3. The first kappa shape index (κ1) is 14.5. The Balaban J connectivity index is 2.12. The summed E-state index contributed by atoms with van der Waals surface area (Å²) in [6.07, 6.45) is -4.30. The van der Waals surface area contributed by atoms with Gasteiger partial charge in [-0.05, 0) is 51.1 Å². The lowest BCUT2D eigenvalue weighted by Crippen LogP contribution is -2.08. The molecule has 0 spiro atoms. The molecule has 2 aromatic rings. The molecule has 0 aliphatic heterocycles. The predicted molar refractivity (Wildman–Crippen MR) is 71.7 cm³/mol. The second kappa shape index (κ2) is 5.23. The third-order valence-corrected chi connectivity index (χ3v) is 3.14. The van der Waals surface area contributed by atoms with E-state index in [4.69, 9.17) is 4.42 Å². The Morgan fingerprint density at radius 2 is 1.70 bits per heavy atom. The van der Waals surface area contributed by atoms with E-state index in [9.17, 15) is 13.2 Å². The van der Waals surface area contributed by atoms with Crippen LogP contribution in [0.4, 0.5) is 18.9 Å². The average molecular weight is 283 g/mol. The fraction of sp³-hybridized carbons (Fsp3) is 0.333. The van der Waals surface area contributed by atoms with Crippen molar-refractivity contribution < 1.29 is 17.6 Å². The minimum atomic E-state index is -4.30. The van der Waals surface area contributed by atoms with Gasteiger partial charge in [0.15, 0.2) is 0 Å². The van der Waals surface area contributed by atoms with E-state index >= 15 is 0 Å². The first-order chi connectivity index (χ1) is 9.27. The van der Waals surface area contributed by atoms with E-state index in [2.05, 4.69) is 5.32 Å². The molecular formula is C15H16F3NO. The smallest absolute Gasteiger partial charge is 0.416 e. The van der Waals surface area contributed by atoms with Crippen LogP contribution >= 0.6 is 0 Å². The quantitative estimate of drug-likeness (QED) is 0.849. The monoisotopic (exact) mass is 283 g/mol. The zero-order chi connectivity index (χ0) is 14.9. The topological polar surface area (TPSA) is 25.2 Å². The summed E-state index contributed by atoms with van der Waals surface area (Å²) in [4.78, 5) is 0. The summed E-state index contributed by atoms with van der Waals surface area (Å²) in [6.45, 7) is 5.67. The van der Waals surface area contributed by atoms with E-state index in [1.54, 1.807) is 0 Å².